The highest BCUT2D eigenvalue weighted by Gasteiger charge is 2.35. The molecule has 0 bridgehead atoms. The van der Waals surface area contributed by atoms with E-state index in [4.69, 9.17) is 0 Å². The molecule has 0 radical (unpaired) electrons. The number of nitrogens with one attached hydrogen (secondary N) is 1. The normalized spacial score (nSPS) is 26.2. The molecule has 0 aliphatic carbocycles. The van der Waals surface area contributed by atoms with Crippen molar-refractivity contribution in [3.63, 3.8) is 0 Å². The SMILES string of the molecule is Fc1ccc(CN2CC3CNCC3C2)c2ncccc12. The Balaban J connectivity index is 1.62. The van der Waals surface area contributed by atoms with Gasteiger partial charge in [-0.1, -0.05) is 6.07 Å². The summed E-state index contributed by atoms with van der Waals surface area (Å²) in [6.45, 7) is 5.45. The molecule has 1 aromatic heterocycles. The van der Waals surface area contributed by atoms with E-state index in [2.05, 4.69) is 15.2 Å². The van der Waals surface area contributed by atoms with Crippen LogP contribution in [0.3, 0.4) is 0 Å². The molecule has 1 N–H and O–H groups in total. The van der Waals surface area contributed by atoms with Crippen molar-refractivity contribution >= 4 is 10.9 Å². The standard InChI is InChI=1S/C16H18FN3/c17-15-4-3-11(16-14(15)2-1-5-19-16)8-20-9-12-6-18-7-13(12)10-20/h1-5,12-13,18H,6-10H2. The van der Waals surface area contributed by atoms with Gasteiger partial charge in [-0.25, -0.2) is 4.39 Å². The van der Waals surface area contributed by atoms with Crippen molar-refractivity contribution in [2.45, 2.75) is 6.54 Å². The van der Waals surface area contributed by atoms with Crippen LogP contribution in [0.4, 0.5) is 4.39 Å². The van der Waals surface area contributed by atoms with Gasteiger partial charge in [0.15, 0.2) is 0 Å². The first-order valence-corrected chi connectivity index (χ1v) is 7.26. The lowest BCUT2D eigenvalue weighted by Crippen LogP contribution is -2.25. The second kappa shape index (κ2) is 4.79. The molecule has 2 unspecified atom stereocenters. The van der Waals surface area contributed by atoms with E-state index in [0.29, 0.717) is 5.39 Å². The highest BCUT2D eigenvalue weighted by Crippen LogP contribution is 2.29. The van der Waals surface area contributed by atoms with Crippen molar-refractivity contribution in [3.05, 3.63) is 41.8 Å². The topological polar surface area (TPSA) is 28.2 Å². The minimum absolute atomic E-state index is 0.181. The van der Waals surface area contributed by atoms with E-state index in [1.54, 1.807) is 18.3 Å². The van der Waals surface area contributed by atoms with Gasteiger partial charge in [-0.2, -0.15) is 0 Å². The van der Waals surface area contributed by atoms with Crippen LogP contribution in [0.1, 0.15) is 5.56 Å². The largest absolute Gasteiger partial charge is 0.316 e. The van der Waals surface area contributed by atoms with E-state index in [1.165, 1.54) is 0 Å². The van der Waals surface area contributed by atoms with Crippen LogP contribution in [0.2, 0.25) is 0 Å². The third kappa shape index (κ3) is 2.00. The fourth-order valence-electron chi connectivity index (χ4n) is 3.65. The molecule has 104 valence electrons. The lowest BCUT2D eigenvalue weighted by atomic mass is 10.0. The molecule has 3 heterocycles. The van der Waals surface area contributed by atoms with Gasteiger partial charge in [-0.15, -0.1) is 0 Å². The molecule has 2 aliphatic rings. The Kier molecular flexibility index (Phi) is 2.93. The first-order valence-electron chi connectivity index (χ1n) is 7.26. The number of nitrogens with zero attached hydrogens (tertiary/aromatic N) is 2. The molecule has 1 aromatic carbocycles. The van der Waals surface area contributed by atoms with Gasteiger partial charge in [-0.05, 0) is 48.7 Å². The van der Waals surface area contributed by atoms with Crippen molar-refractivity contribution in [2.24, 2.45) is 11.8 Å². The van der Waals surface area contributed by atoms with Gasteiger partial charge in [0.05, 0.1) is 5.52 Å². The van der Waals surface area contributed by atoms with Gasteiger partial charge >= 0.3 is 0 Å². The first-order chi connectivity index (χ1) is 9.81. The molecule has 2 aromatic rings. The first kappa shape index (κ1) is 12.2. The number of fused-ring (bicyclic) bond motifs is 2. The summed E-state index contributed by atoms with van der Waals surface area (Å²) < 4.78 is 13.8. The van der Waals surface area contributed by atoms with Crippen LogP contribution in [0, 0.1) is 17.7 Å². The maximum absolute atomic E-state index is 13.8. The summed E-state index contributed by atoms with van der Waals surface area (Å²) >= 11 is 0. The monoisotopic (exact) mass is 271 g/mol. The van der Waals surface area contributed by atoms with Gasteiger partial charge in [0.2, 0.25) is 0 Å². The molecule has 3 nitrogen and oxygen atoms in total. The molecule has 0 amide bonds. The van der Waals surface area contributed by atoms with Gasteiger partial charge in [0, 0.05) is 31.2 Å². The number of halogens is 1. The highest BCUT2D eigenvalue weighted by atomic mass is 19.1. The van der Waals surface area contributed by atoms with Crippen LogP contribution < -0.4 is 5.32 Å². The van der Waals surface area contributed by atoms with Crippen molar-refractivity contribution < 1.29 is 4.39 Å². The Morgan fingerprint density at radius 2 is 2.00 bits per heavy atom. The van der Waals surface area contributed by atoms with Gasteiger partial charge in [-0.3, -0.25) is 9.88 Å². The zero-order chi connectivity index (χ0) is 13.5. The number of benzene rings is 1. The quantitative estimate of drug-likeness (QED) is 0.906. The van der Waals surface area contributed by atoms with E-state index < -0.39 is 0 Å². The number of hydrogen-bond donors (Lipinski definition) is 1. The molecule has 0 saturated carbocycles. The van der Waals surface area contributed by atoms with Crippen molar-refractivity contribution in [3.8, 4) is 0 Å². The van der Waals surface area contributed by atoms with E-state index in [-0.39, 0.29) is 5.82 Å². The molecule has 2 aliphatic heterocycles. The lowest BCUT2D eigenvalue weighted by molar-refractivity contribution is 0.306. The van der Waals surface area contributed by atoms with E-state index in [0.717, 1.165) is 55.6 Å². The summed E-state index contributed by atoms with van der Waals surface area (Å²) in [5.41, 5.74) is 1.94. The highest BCUT2D eigenvalue weighted by molar-refractivity contribution is 5.82. The third-order valence-corrected chi connectivity index (χ3v) is 4.66. The van der Waals surface area contributed by atoms with Gasteiger partial charge < -0.3 is 5.32 Å². The minimum atomic E-state index is -0.181. The van der Waals surface area contributed by atoms with Crippen LogP contribution in [0.15, 0.2) is 30.5 Å². The van der Waals surface area contributed by atoms with E-state index in [9.17, 15) is 4.39 Å². The van der Waals surface area contributed by atoms with Crippen LogP contribution >= 0.6 is 0 Å². The molecule has 2 fully saturated rings. The van der Waals surface area contributed by atoms with Crippen molar-refractivity contribution in [2.75, 3.05) is 26.2 Å². The molecule has 2 atom stereocenters. The molecular formula is C16H18FN3. The second-order valence-corrected chi connectivity index (χ2v) is 5.98. The van der Waals surface area contributed by atoms with Crippen molar-refractivity contribution in [1.29, 1.82) is 0 Å². The van der Waals surface area contributed by atoms with Crippen LogP contribution in [0.5, 0.6) is 0 Å². The fourth-order valence-corrected chi connectivity index (χ4v) is 3.65. The van der Waals surface area contributed by atoms with E-state index in [1.807, 2.05) is 12.1 Å². The number of hydrogen-bond acceptors (Lipinski definition) is 3. The average molecular weight is 271 g/mol. The summed E-state index contributed by atoms with van der Waals surface area (Å²) in [6.07, 6.45) is 1.74. The maximum Gasteiger partial charge on any atom is 0.132 e. The second-order valence-electron chi connectivity index (χ2n) is 5.98. The Labute approximate surface area is 117 Å². The Bertz CT molecular complexity index is 631. The fraction of sp³-hybridized carbons (Fsp3) is 0.438. The summed E-state index contributed by atoms with van der Waals surface area (Å²) in [5, 5.41) is 4.09. The number of likely N-dealkylation sites (tertiary alicyclic amines) is 1. The predicted octanol–water partition coefficient (Wildman–Crippen LogP) is 2.03. The molecule has 4 rings (SSSR count). The molecule has 2 saturated heterocycles. The average Bonchev–Trinajstić information content (AvgIpc) is 3.03. The summed E-state index contributed by atoms with van der Waals surface area (Å²) in [7, 11) is 0. The molecule has 20 heavy (non-hydrogen) atoms. The maximum atomic E-state index is 13.8. The minimum Gasteiger partial charge on any atom is -0.316 e. The van der Waals surface area contributed by atoms with Crippen LogP contribution in [-0.4, -0.2) is 36.1 Å². The molecular weight excluding hydrogens is 253 g/mol. The number of pyridine rings is 1. The number of aromatic nitrogens is 1. The van der Waals surface area contributed by atoms with Gasteiger partial charge in [0.1, 0.15) is 5.82 Å². The third-order valence-electron chi connectivity index (χ3n) is 4.66. The Morgan fingerprint density at radius 1 is 1.20 bits per heavy atom. The summed E-state index contributed by atoms with van der Waals surface area (Å²) in [4.78, 5) is 6.86. The summed E-state index contributed by atoms with van der Waals surface area (Å²) in [5.74, 6) is 1.39. The van der Waals surface area contributed by atoms with E-state index >= 15 is 0 Å². The Hall–Kier alpha value is -1.52. The van der Waals surface area contributed by atoms with Crippen LogP contribution in [0.25, 0.3) is 10.9 Å². The molecule has 0 spiro atoms. The number of rotatable bonds is 2. The van der Waals surface area contributed by atoms with Crippen LogP contribution in [-0.2, 0) is 6.54 Å². The Morgan fingerprint density at radius 3 is 2.80 bits per heavy atom. The zero-order valence-electron chi connectivity index (χ0n) is 11.3. The molecule has 4 heteroatoms. The lowest BCUT2D eigenvalue weighted by Gasteiger charge is -2.18. The summed E-state index contributed by atoms with van der Waals surface area (Å²) in [6, 6.07) is 7.06. The zero-order valence-corrected chi connectivity index (χ0v) is 11.3. The smallest absolute Gasteiger partial charge is 0.132 e. The van der Waals surface area contributed by atoms with Gasteiger partial charge in [0.25, 0.3) is 0 Å². The van der Waals surface area contributed by atoms with Crippen molar-refractivity contribution in [1.82, 2.24) is 15.2 Å². The predicted molar refractivity (Wildman–Crippen MR) is 76.8 cm³/mol.